The van der Waals surface area contributed by atoms with Gasteiger partial charge in [0.25, 0.3) is 0 Å². The summed E-state index contributed by atoms with van der Waals surface area (Å²) in [6.07, 6.45) is 0.768. The number of carbonyl (C=O) groups is 1. The largest absolute Gasteiger partial charge is 0.497 e. The van der Waals surface area contributed by atoms with Crippen LogP contribution in [0.4, 0.5) is 0 Å². The Kier molecular flexibility index (Phi) is 3.86. The molecule has 0 bridgehead atoms. The number of ether oxygens (including phenoxy) is 2. The van der Waals surface area contributed by atoms with Gasteiger partial charge in [-0.2, -0.15) is 5.26 Å². The van der Waals surface area contributed by atoms with Crippen LogP contribution in [0.1, 0.15) is 41.5 Å². The van der Waals surface area contributed by atoms with Crippen molar-refractivity contribution in [2.24, 2.45) is 5.92 Å². The Balaban J connectivity index is 1.69. The van der Waals surface area contributed by atoms with Gasteiger partial charge in [-0.15, -0.1) is 0 Å². The van der Waals surface area contributed by atoms with Gasteiger partial charge >= 0.3 is 5.97 Å². The lowest BCUT2D eigenvalue weighted by atomic mass is 9.31. The van der Waals surface area contributed by atoms with Crippen molar-refractivity contribution in [1.82, 2.24) is 0 Å². The summed E-state index contributed by atoms with van der Waals surface area (Å²) in [5.41, 5.74) is 4.80. The van der Waals surface area contributed by atoms with Crippen LogP contribution in [0.2, 0.25) is 0 Å². The fourth-order valence-electron chi connectivity index (χ4n) is 7.09. The third-order valence-corrected chi connectivity index (χ3v) is 8.26. The molecule has 4 atom stereocenters. The highest BCUT2D eigenvalue weighted by molar-refractivity contribution is 5.97. The molecular formula is C28H23NO3. The number of nitriles is 1. The highest BCUT2D eigenvalue weighted by Gasteiger charge is 2.78. The van der Waals surface area contributed by atoms with E-state index in [1.54, 1.807) is 7.11 Å². The molecule has 1 unspecified atom stereocenters. The lowest BCUT2D eigenvalue weighted by molar-refractivity contribution is -0.186. The first-order chi connectivity index (χ1) is 15.6. The molecule has 3 aromatic rings. The Morgan fingerprint density at radius 1 is 1.06 bits per heavy atom. The van der Waals surface area contributed by atoms with E-state index in [1.807, 2.05) is 42.5 Å². The molecule has 1 spiro atoms. The number of benzene rings is 3. The summed E-state index contributed by atoms with van der Waals surface area (Å²) >= 11 is 0. The lowest BCUT2D eigenvalue weighted by Gasteiger charge is -2.71. The quantitative estimate of drug-likeness (QED) is 0.540. The zero-order chi connectivity index (χ0) is 22.1. The van der Waals surface area contributed by atoms with Crippen molar-refractivity contribution < 1.29 is 14.3 Å². The molecule has 32 heavy (non-hydrogen) atoms. The molecule has 2 fully saturated rings. The van der Waals surface area contributed by atoms with Gasteiger partial charge in [-0.1, -0.05) is 49.4 Å². The lowest BCUT2D eigenvalue weighted by Crippen LogP contribution is -2.75. The van der Waals surface area contributed by atoms with Gasteiger partial charge in [-0.3, -0.25) is 4.79 Å². The van der Waals surface area contributed by atoms with Crippen LogP contribution in [0.5, 0.6) is 5.75 Å². The molecule has 1 aliphatic heterocycles. The van der Waals surface area contributed by atoms with Crippen molar-refractivity contribution in [1.29, 1.82) is 5.26 Å². The molecule has 3 aliphatic rings. The van der Waals surface area contributed by atoms with Crippen LogP contribution in [0.3, 0.4) is 0 Å². The molecule has 1 heterocycles. The van der Waals surface area contributed by atoms with Gasteiger partial charge in [-0.05, 0) is 64.4 Å². The third-order valence-electron chi connectivity index (χ3n) is 8.26. The van der Waals surface area contributed by atoms with Gasteiger partial charge < -0.3 is 9.47 Å². The molecule has 1 saturated carbocycles. The molecule has 0 amide bonds. The van der Waals surface area contributed by atoms with E-state index in [4.69, 9.17) is 9.47 Å². The normalized spacial score (nSPS) is 29.2. The van der Waals surface area contributed by atoms with Gasteiger partial charge in [0.15, 0.2) is 0 Å². The van der Waals surface area contributed by atoms with Crippen molar-refractivity contribution in [3.05, 3.63) is 89.0 Å². The third kappa shape index (κ3) is 2.00. The minimum atomic E-state index is -0.809. The molecule has 158 valence electrons. The molecular weight excluding hydrogens is 398 g/mol. The number of nitrogens with zero attached hydrogens (tertiary/aromatic N) is 1. The maximum absolute atomic E-state index is 13.9. The average molecular weight is 421 g/mol. The van der Waals surface area contributed by atoms with E-state index < -0.39 is 5.41 Å². The topological polar surface area (TPSA) is 59.3 Å². The van der Waals surface area contributed by atoms with E-state index in [2.05, 4.69) is 37.3 Å². The summed E-state index contributed by atoms with van der Waals surface area (Å²) in [4.78, 5) is 13.9. The minimum absolute atomic E-state index is 0.0223. The average Bonchev–Trinajstić information content (AvgIpc) is 2.84. The van der Waals surface area contributed by atoms with Crippen LogP contribution in [0.25, 0.3) is 11.1 Å². The van der Waals surface area contributed by atoms with Gasteiger partial charge in [0.1, 0.15) is 11.2 Å². The van der Waals surface area contributed by atoms with Gasteiger partial charge in [-0.25, -0.2) is 0 Å². The number of cyclic esters (lactones) is 1. The predicted molar refractivity (Wildman–Crippen MR) is 120 cm³/mol. The summed E-state index contributed by atoms with van der Waals surface area (Å²) in [7, 11) is 1.66. The maximum atomic E-state index is 13.9. The van der Waals surface area contributed by atoms with Crippen molar-refractivity contribution in [2.75, 3.05) is 13.7 Å². The Labute approximate surface area is 187 Å². The molecule has 0 aromatic heterocycles. The van der Waals surface area contributed by atoms with Crippen molar-refractivity contribution >= 4 is 5.97 Å². The monoisotopic (exact) mass is 421 g/mol. The van der Waals surface area contributed by atoms with Crippen LogP contribution in [0.15, 0.2) is 66.7 Å². The van der Waals surface area contributed by atoms with Crippen molar-refractivity contribution in [3.8, 4) is 22.9 Å². The highest BCUT2D eigenvalue weighted by atomic mass is 16.5. The van der Waals surface area contributed by atoms with E-state index in [9.17, 15) is 10.1 Å². The molecule has 6 rings (SSSR count). The first-order valence-electron chi connectivity index (χ1n) is 11.0. The van der Waals surface area contributed by atoms with E-state index in [0.29, 0.717) is 12.2 Å². The van der Waals surface area contributed by atoms with Crippen LogP contribution in [0, 0.1) is 17.2 Å². The number of hydrogen-bond acceptors (Lipinski definition) is 4. The zero-order valence-electron chi connectivity index (χ0n) is 18.1. The van der Waals surface area contributed by atoms with E-state index >= 15 is 0 Å². The van der Waals surface area contributed by atoms with Crippen LogP contribution >= 0.6 is 0 Å². The smallest absolute Gasteiger partial charge is 0.318 e. The SMILES string of the molecule is COc1ccc([C@@]23CCOC(=O)[C@@]24c2ccc(C#N)cc2-c2ccccc2C4[C@@H]3C)cc1. The number of hydrogen-bond donors (Lipinski definition) is 0. The number of rotatable bonds is 2. The Bertz CT molecular complexity index is 1300. The fourth-order valence-corrected chi connectivity index (χ4v) is 7.09. The summed E-state index contributed by atoms with van der Waals surface area (Å²) in [5.74, 6) is 0.917. The highest BCUT2D eigenvalue weighted by Crippen LogP contribution is 2.75. The van der Waals surface area contributed by atoms with Crippen LogP contribution in [-0.2, 0) is 20.4 Å². The van der Waals surface area contributed by atoms with Gasteiger partial charge in [0.05, 0.1) is 25.3 Å². The number of fused-ring (bicyclic) bond motifs is 4. The van der Waals surface area contributed by atoms with Gasteiger partial charge in [0.2, 0.25) is 0 Å². The molecule has 2 aliphatic carbocycles. The summed E-state index contributed by atoms with van der Waals surface area (Å²) < 4.78 is 11.2. The second kappa shape index (κ2) is 6.46. The van der Waals surface area contributed by atoms with Crippen LogP contribution in [-0.4, -0.2) is 19.7 Å². The van der Waals surface area contributed by atoms with E-state index in [1.165, 1.54) is 5.56 Å². The molecule has 0 N–H and O–H groups in total. The van der Waals surface area contributed by atoms with E-state index in [0.717, 1.165) is 34.4 Å². The van der Waals surface area contributed by atoms with Crippen LogP contribution < -0.4 is 4.74 Å². The number of carbonyl (C=O) groups excluding carboxylic acids is 1. The standard InChI is InChI=1S/C28H23NO3/c1-17-25-22-6-4-3-5-21(22)23-15-18(16-29)7-12-24(23)28(25)26(30)32-14-13-27(17,28)19-8-10-20(31-2)11-9-19/h3-12,15,17,25H,13-14H2,1-2H3/t17-,25?,27-,28-/m0/s1. The Morgan fingerprint density at radius 2 is 1.84 bits per heavy atom. The Morgan fingerprint density at radius 3 is 2.59 bits per heavy atom. The molecule has 1 saturated heterocycles. The summed E-state index contributed by atoms with van der Waals surface area (Å²) in [5, 5.41) is 9.57. The second-order valence-corrected chi connectivity index (χ2v) is 9.12. The summed E-state index contributed by atoms with van der Waals surface area (Å²) in [6.45, 7) is 2.69. The fraction of sp³-hybridized carbons (Fsp3) is 0.286. The molecule has 4 heteroatoms. The first-order valence-corrected chi connectivity index (χ1v) is 11.0. The van der Waals surface area contributed by atoms with Crippen molar-refractivity contribution in [2.45, 2.75) is 30.1 Å². The van der Waals surface area contributed by atoms with Crippen molar-refractivity contribution in [3.63, 3.8) is 0 Å². The second-order valence-electron chi connectivity index (χ2n) is 9.12. The minimum Gasteiger partial charge on any atom is -0.497 e. The number of esters is 1. The molecule has 4 nitrogen and oxygen atoms in total. The number of methoxy groups -OCH3 is 1. The zero-order valence-corrected chi connectivity index (χ0v) is 18.1. The first kappa shape index (κ1) is 19.1. The molecule has 0 radical (unpaired) electrons. The maximum Gasteiger partial charge on any atom is 0.318 e. The summed E-state index contributed by atoms with van der Waals surface area (Å²) in [6, 6.07) is 24.5. The Hall–Kier alpha value is -3.58. The molecule has 3 aromatic carbocycles. The van der Waals surface area contributed by atoms with E-state index in [-0.39, 0.29) is 23.2 Å². The predicted octanol–water partition coefficient (Wildman–Crippen LogP) is 5.10. The van der Waals surface area contributed by atoms with Gasteiger partial charge in [0, 0.05) is 11.3 Å².